The van der Waals surface area contributed by atoms with E-state index in [0.29, 0.717) is 0 Å². The summed E-state index contributed by atoms with van der Waals surface area (Å²) in [5.41, 5.74) is 0.862. The molecule has 0 unspecified atom stereocenters. The molecule has 0 aliphatic rings. The zero-order valence-electron chi connectivity index (χ0n) is 16.8. The predicted octanol–water partition coefficient (Wildman–Crippen LogP) is 5.31. The van der Waals surface area contributed by atoms with E-state index in [0.717, 1.165) is 37.9 Å². The molecule has 3 nitrogen and oxygen atoms in total. The second-order valence-corrected chi connectivity index (χ2v) is 7.27. The smallest absolute Gasteiger partial charge is 0.246 e. The fourth-order valence-corrected chi connectivity index (χ4v) is 2.77. The van der Waals surface area contributed by atoms with E-state index < -0.39 is 0 Å². The van der Waals surface area contributed by atoms with Crippen LogP contribution in [-0.4, -0.2) is 38.0 Å². The molecule has 0 aromatic carbocycles. The van der Waals surface area contributed by atoms with Gasteiger partial charge in [-0.3, -0.25) is 4.79 Å². The summed E-state index contributed by atoms with van der Waals surface area (Å²) in [6, 6.07) is 0. The SMILES string of the molecule is CCCCCCCCCCCCNC(=O)C(C)=CCCCN(C)C. The Morgan fingerprint density at radius 3 is 1.96 bits per heavy atom. The van der Waals surface area contributed by atoms with Crippen molar-refractivity contribution in [1.82, 2.24) is 10.2 Å². The Kier molecular flexibility index (Phi) is 16.4. The molecular formula is C21H42N2O. The van der Waals surface area contributed by atoms with Crippen LogP contribution >= 0.6 is 0 Å². The maximum atomic E-state index is 11.9. The molecule has 1 amide bonds. The highest BCUT2D eigenvalue weighted by atomic mass is 16.1. The average molecular weight is 339 g/mol. The Morgan fingerprint density at radius 2 is 1.42 bits per heavy atom. The number of hydrogen-bond acceptors (Lipinski definition) is 2. The summed E-state index contributed by atoms with van der Waals surface area (Å²) >= 11 is 0. The Labute approximate surface area is 151 Å². The molecule has 142 valence electrons. The first-order valence-corrected chi connectivity index (χ1v) is 10.2. The Morgan fingerprint density at radius 1 is 0.875 bits per heavy atom. The number of carbonyl (C=O) groups excluding carboxylic acids is 1. The van der Waals surface area contributed by atoms with Crippen LogP contribution in [0.3, 0.4) is 0 Å². The van der Waals surface area contributed by atoms with Crippen molar-refractivity contribution in [3.8, 4) is 0 Å². The summed E-state index contributed by atoms with van der Waals surface area (Å²) < 4.78 is 0. The maximum absolute atomic E-state index is 11.9. The van der Waals surface area contributed by atoms with Crippen LogP contribution in [0.15, 0.2) is 11.6 Å². The molecule has 0 spiro atoms. The third-order valence-electron chi connectivity index (χ3n) is 4.43. The zero-order chi connectivity index (χ0) is 18.0. The second-order valence-electron chi connectivity index (χ2n) is 7.27. The van der Waals surface area contributed by atoms with Gasteiger partial charge in [0.25, 0.3) is 0 Å². The lowest BCUT2D eigenvalue weighted by molar-refractivity contribution is -0.117. The van der Waals surface area contributed by atoms with E-state index in [1.54, 1.807) is 0 Å². The van der Waals surface area contributed by atoms with Crippen LogP contribution in [0, 0.1) is 0 Å². The van der Waals surface area contributed by atoms with Crippen molar-refractivity contribution in [2.45, 2.75) is 90.9 Å². The molecule has 0 aliphatic carbocycles. The molecule has 0 saturated carbocycles. The highest BCUT2D eigenvalue weighted by Gasteiger charge is 2.02. The zero-order valence-corrected chi connectivity index (χ0v) is 16.8. The summed E-state index contributed by atoms with van der Waals surface area (Å²) in [5, 5.41) is 3.04. The molecule has 0 atom stereocenters. The van der Waals surface area contributed by atoms with E-state index in [4.69, 9.17) is 0 Å². The molecule has 24 heavy (non-hydrogen) atoms. The van der Waals surface area contributed by atoms with Gasteiger partial charge in [-0.1, -0.05) is 70.8 Å². The van der Waals surface area contributed by atoms with Gasteiger partial charge in [0.15, 0.2) is 0 Å². The molecule has 3 heteroatoms. The van der Waals surface area contributed by atoms with Crippen LogP contribution in [-0.2, 0) is 4.79 Å². The van der Waals surface area contributed by atoms with Crippen LogP contribution < -0.4 is 5.32 Å². The van der Waals surface area contributed by atoms with Gasteiger partial charge in [-0.05, 0) is 46.8 Å². The number of carbonyl (C=O) groups is 1. The standard InChI is InChI=1S/C21H42N2O/c1-5-6-7-8-9-10-11-12-13-15-18-22-21(24)20(2)17-14-16-19-23(3)4/h17H,5-16,18-19H2,1-4H3,(H,22,24). The minimum absolute atomic E-state index is 0.107. The molecule has 1 N–H and O–H groups in total. The summed E-state index contributed by atoms with van der Waals surface area (Å²) in [7, 11) is 4.16. The monoisotopic (exact) mass is 338 g/mol. The molecule has 0 rings (SSSR count). The third kappa shape index (κ3) is 16.0. The maximum Gasteiger partial charge on any atom is 0.246 e. The summed E-state index contributed by atoms with van der Waals surface area (Å²) in [6.07, 6.45) is 17.5. The third-order valence-corrected chi connectivity index (χ3v) is 4.43. The number of unbranched alkanes of at least 4 members (excludes halogenated alkanes) is 10. The highest BCUT2D eigenvalue weighted by Crippen LogP contribution is 2.10. The Hall–Kier alpha value is -0.830. The van der Waals surface area contributed by atoms with E-state index >= 15 is 0 Å². The average Bonchev–Trinajstić information content (AvgIpc) is 2.56. The predicted molar refractivity (Wildman–Crippen MR) is 106 cm³/mol. The van der Waals surface area contributed by atoms with E-state index in [1.165, 1.54) is 57.8 Å². The molecule has 0 saturated heterocycles. The second kappa shape index (κ2) is 17.0. The molecule has 0 aromatic rings. The molecule has 0 aliphatic heterocycles. The van der Waals surface area contributed by atoms with E-state index in [2.05, 4.69) is 37.3 Å². The van der Waals surface area contributed by atoms with Crippen molar-refractivity contribution in [3.05, 3.63) is 11.6 Å². The van der Waals surface area contributed by atoms with E-state index in [1.807, 2.05) is 6.92 Å². The quantitative estimate of drug-likeness (QED) is 0.305. The number of nitrogens with one attached hydrogen (secondary N) is 1. The molecule has 0 aromatic heterocycles. The van der Waals surface area contributed by atoms with Crippen molar-refractivity contribution in [2.75, 3.05) is 27.2 Å². The number of rotatable bonds is 16. The lowest BCUT2D eigenvalue weighted by Crippen LogP contribution is -2.25. The van der Waals surface area contributed by atoms with Crippen LogP contribution in [0.4, 0.5) is 0 Å². The van der Waals surface area contributed by atoms with Crippen LogP contribution in [0.2, 0.25) is 0 Å². The number of allylic oxidation sites excluding steroid dienone is 1. The van der Waals surface area contributed by atoms with Crippen LogP contribution in [0.25, 0.3) is 0 Å². The van der Waals surface area contributed by atoms with Crippen LogP contribution in [0.1, 0.15) is 90.9 Å². The Balaban J connectivity index is 3.43. The van der Waals surface area contributed by atoms with Gasteiger partial charge in [-0.2, -0.15) is 0 Å². The first-order chi connectivity index (χ1) is 11.6. The van der Waals surface area contributed by atoms with Crippen LogP contribution in [0.5, 0.6) is 0 Å². The highest BCUT2D eigenvalue weighted by molar-refractivity contribution is 5.92. The van der Waals surface area contributed by atoms with Gasteiger partial charge < -0.3 is 10.2 Å². The van der Waals surface area contributed by atoms with Gasteiger partial charge in [-0.15, -0.1) is 0 Å². The van der Waals surface area contributed by atoms with Crippen molar-refractivity contribution in [1.29, 1.82) is 0 Å². The minimum atomic E-state index is 0.107. The molecule has 0 heterocycles. The fourth-order valence-electron chi connectivity index (χ4n) is 2.77. The molecule has 0 fully saturated rings. The lowest BCUT2D eigenvalue weighted by Gasteiger charge is -2.08. The van der Waals surface area contributed by atoms with Crippen molar-refractivity contribution >= 4 is 5.91 Å². The van der Waals surface area contributed by atoms with Gasteiger partial charge >= 0.3 is 0 Å². The summed E-state index contributed by atoms with van der Waals surface area (Å²) in [6.45, 7) is 6.08. The number of hydrogen-bond donors (Lipinski definition) is 1. The molecule has 0 radical (unpaired) electrons. The number of nitrogens with zero attached hydrogens (tertiary/aromatic N) is 1. The fraction of sp³-hybridized carbons (Fsp3) is 0.857. The van der Waals surface area contributed by atoms with Gasteiger partial charge in [0, 0.05) is 12.1 Å². The largest absolute Gasteiger partial charge is 0.352 e. The Bertz CT molecular complexity index is 324. The van der Waals surface area contributed by atoms with Crippen molar-refractivity contribution in [2.24, 2.45) is 0 Å². The minimum Gasteiger partial charge on any atom is -0.352 e. The van der Waals surface area contributed by atoms with Crippen molar-refractivity contribution in [3.63, 3.8) is 0 Å². The first-order valence-electron chi connectivity index (χ1n) is 10.2. The summed E-state index contributed by atoms with van der Waals surface area (Å²) in [5.74, 6) is 0.107. The van der Waals surface area contributed by atoms with Gasteiger partial charge in [-0.25, -0.2) is 0 Å². The lowest BCUT2D eigenvalue weighted by atomic mass is 10.1. The van der Waals surface area contributed by atoms with E-state index in [9.17, 15) is 4.79 Å². The van der Waals surface area contributed by atoms with Crippen molar-refractivity contribution < 1.29 is 4.79 Å². The topological polar surface area (TPSA) is 32.3 Å². The normalized spacial score (nSPS) is 12.0. The number of amides is 1. The summed E-state index contributed by atoms with van der Waals surface area (Å²) in [4.78, 5) is 14.1. The van der Waals surface area contributed by atoms with Gasteiger partial charge in [0.2, 0.25) is 5.91 Å². The molecule has 0 bridgehead atoms. The van der Waals surface area contributed by atoms with Gasteiger partial charge in [0.05, 0.1) is 0 Å². The first kappa shape index (κ1) is 23.2. The molecular weight excluding hydrogens is 296 g/mol. The van der Waals surface area contributed by atoms with E-state index in [-0.39, 0.29) is 5.91 Å². The van der Waals surface area contributed by atoms with Gasteiger partial charge in [0.1, 0.15) is 0 Å².